The maximum Gasteiger partial charge on any atom is 0.299 e. The largest absolute Gasteiger partial charge is 0.398 e. The summed E-state index contributed by atoms with van der Waals surface area (Å²) in [5.74, 6) is 0. The minimum absolute atomic E-state index is 0.00126. The van der Waals surface area contributed by atoms with Crippen molar-refractivity contribution in [2.45, 2.75) is 21.6 Å². The van der Waals surface area contributed by atoms with Gasteiger partial charge in [-0.15, -0.1) is 4.13 Å². The van der Waals surface area contributed by atoms with Crippen LogP contribution in [-0.2, 0) is 30.1 Å². The molecular weight excluding hydrogens is 641 g/mol. The van der Waals surface area contributed by atoms with Gasteiger partial charge in [0.25, 0.3) is 31.4 Å². The second kappa shape index (κ2) is 13.1. The lowest BCUT2D eigenvalue weighted by molar-refractivity contribution is -0.393. The van der Waals surface area contributed by atoms with E-state index in [0.717, 1.165) is 35.9 Å². The quantitative estimate of drug-likeness (QED) is 0.114. The lowest BCUT2D eigenvalue weighted by Crippen LogP contribution is -2.31. The highest BCUT2D eigenvalue weighted by Crippen LogP contribution is 2.33. The van der Waals surface area contributed by atoms with Crippen molar-refractivity contribution in [3.8, 4) is 0 Å². The Morgan fingerprint density at radius 3 is 1.86 bits per heavy atom. The summed E-state index contributed by atoms with van der Waals surface area (Å²) >= 11 is 0. The molecule has 0 aliphatic rings. The van der Waals surface area contributed by atoms with Gasteiger partial charge in [-0.1, -0.05) is 35.9 Å². The number of nitrogens with zero attached hydrogens (tertiary/aromatic N) is 2. The molecule has 4 aromatic rings. The molecule has 0 radical (unpaired) electrons. The molecule has 0 spiro atoms. The van der Waals surface area contributed by atoms with E-state index in [1.165, 1.54) is 42.5 Å². The third kappa shape index (κ3) is 8.55. The Balaban J connectivity index is 0.000000404. The second-order valence-electron chi connectivity index (χ2n) is 8.85. The number of nitrogens with one attached hydrogen (secondary N) is 2. The number of primary sulfonamides is 1. The van der Waals surface area contributed by atoms with Crippen molar-refractivity contribution in [2.24, 2.45) is 5.14 Å². The summed E-state index contributed by atoms with van der Waals surface area (Å²) in [6.45, 7) is 1.88. The van der Waals surface area contributed by atoms with Gasteiger partial charge in [-0.25, -0.2) is 30.4 Å². The van der Waals surface area contributed by atoms with E-state index in [9.17, 15) is 45.5 Å². The summed E-state index contributed by atoms with van der Waals surface area (Å²) in [6, 6.07) is 19.5. The van der Waals surface area contributed by atoms with Crippen LogP contribution in [0.3, 0.4) is 0 Å². The number of anilines is 3. The number of aryl methyl sites for hydroxylation is 1. The van der Waals surface area contributed by atoms with Gasteiger partial charge in [-0.3, -0.25) is 20.2 Å². The van der Waals surface area contributed by atoms with Gasteiger partial charge < -0.3 is 11.1 Å². The predicted molar refractivity (Wildman–Crippen MR) is 160 cm³/mol. The fraction of sp³-hybridized carbons (Fsp3) is 0.0400. The van der Waals surface area contributed by atoms with E-state index < -0.39 is 56.2 Å². The normalized spacial score (nSPS) is 11.6. The van der Waals surface area contributed by atoms with Crippen molar-refractivity contribution >= 4 is 58.5 Å². The summed E-state index contributed by atoms with van der Waals surface area (Å²) < 4.78 is 73.4. The molecule has 0 aliphatic heterocycles. The van der Waals surface area contributed by atoms with Crippen molar-refractivity contribution in [3.63, 3.8) is 0 Å². The monoisotopic (exact) mass is 664 g/mol. The topological polar surface area (TPSA) is 265 Å². The molecule has 0 amide bonds. The Labute approximate surface area is 251 Å². The van der Waals surface area contributed by atoms with E-state index >= 15 is 0 Å². The number of rotatable bonds is 9. The Morgan fingerprint density at radius 2 is 1.32 bits per heavy atom. The molecule has 4 rings (SSSR count). The first-order valence-corrected chi connectivity index (χ1v) is 16.4. The zero-order valence-electron chi connectivity index (χ0n) is 22.5. The van der Waals surface area contributed by atoms with Gasteiger partial charge in [0, 0.05) is 11.8 Å². The van der Waals surface area contributed by atoms with Crippen LogP contribution in [0, 0.1) is 27.2 Å². The summed E-state index contributed by atoms with van der Waals surface area (Å²) in [5.41, 5.74) is 5.16. The number of benzene rings is 4. The zero-order chi connectivity index (χ0) is 32.9. The fourth-order valence-electron chi connectivity index (χ4n) is 3.46. The zero-order valence-corrected chi connectivity index (χ0v) is 25.0. The first-order valence-electron chi connectivity index (χ1n) is 11.9. The van der Waals surface area contributed by atoms with Gasteiger partial charge in [0.2, 0.25) is 10.0 Å². The maximum absolute atomic E-state index is 12.8. The molecule has 16 nitrogen and oxygen atoms in total. The van der Waals surface area contributed by atoms with Crippen molar-refractivity contribution < 1.29 is 35.1 Å². The maximum atomic E-state index is 12.8. The lowest BCUT2D eigenvalue weighted by atomic mass is 10.2. The van der Waals surface area contributed by atoms with Gasteiger partial charge in [-0.2, -0.15) is 0 Å². The summed E-state index contributed by atoms with van der Waals surface area (Å²) in [5, 5.41) is 29.7. The minimum Gasteiger partial charge on any atom is -0.398 e. The Kier molecular flexibility index (Phi) is 10.0. The van der Waals surface area contributed by atoms with Crippen molar-refractivity contribution in [3.05, 3.63) is 117 Å². The predicted octanol–water partition coefficient (Wildman–Crippen LogP) is 3.14. The van der Waals surface area contributed by atoms with Crippen LogP contribution in [0.25, 0.3) is 0 Å². The molecule has 0 aliphatic carbocycles. The lowest BCUT2D eigenvalue weighted by Gasteiger charge is -2.13. The molecule has 4 aromatic carbocycles. The number of nitro benzene ring substituents is 2. The van der Waals surface area contributed by atoms with Crippen molar-refractivity contribution in [2.75, 3.05) is 11.1 Å². The van der Waals surface area contributed by atoms with E-state index in [2.05, 4.69) is 5.32 Å². The average Bonchev–Trinajstić information content (AvgIpc) is 2.94. The molecule has 19 heteroatoms. The highest BCUT2D eigenvalue weighted by Gasteiger charge is 2.27. The van der Waals surface area contributed by atoms with Gasteiger partial charge >= 0.3 is 0 Å². The number of nitrogens with two attached hydrogens (primary N) is 2. The smallest absolute Gasteiger partial charge is 0.299 e. The van der Waals surface area contributed by atoms with Gasteiger partial charge in [0.15, 0.2) is 0 Å². The fourth-order valence-corrected chi connectivity index (χ4v) is 7.05. The molecule has 0 saturated carbocycles. The number of nitrogen functional groups attached to an aromatic ring is 1. The van der Waals surface area contributed by atoms with Crippen LogP contribution >= 0.6 is 0 Å². The van der Waals surface area contributed by atoms with Crippen LogP contribution in [-0.4, -0.2) is 35.1 Å². The van der Waals surface area contributed by atoms with Gasteiger partial charge in [-0.05, 0) is 55.5 Å². The second-order valence-corrected chi connectivity index (χ2v) is 14.0. The summed E-state index contributed by atoms with van der Waals surface area (Å²) in [6.07, 6.45) is 0. The number of hydrogen-bond donors (Lipinski definition) is 4. The Hall–Kier alpha value is -4.95. The van der Waals surface area contributed by atoms with E-state index in [-0.39, 0.29) is 26.9 Å². The highest BCUT2D eigenvalue weighted by molar-refractivity contribution is 8.04. The SMILES string of the molecule is Cc1ccc(S(N)(=O)=O)cc1.Nc1ccc(Nc2ccc([N+](=O)[O-])cc2[N+](=O)[O-])cc1S(=O)(=O)NS(=O)(=O)c1ccccc1. The molecule has 6 N–H and O–H groups in total. The molecule has 0 saturated heterocycles. The van der Waals surface area contributed by atoms with E-state index in [1.54, 1.807) is 22.3 Å². The summed E-state index contributed by atoms with van der Waals surface area (Å²) in [4.78, 5) is 19.8. The molecule has 0 fully saturated rings. The first kappa shape index (κ1) is 33.6. The minimum atomic E-state index is -4.68. The molecular formula is C25H24N6O10S3. The molecule has 0 atom stereocenters. The number of sulfonamides is 3. The third-order valence-electron chi connectivity index (χ3n) is 5.59. The van der Waals surface area contributed by atoms with E-state index in [0.29, 0.717) is 0 Å². The number of non-ortho nitro benzene ring substituents is 1. The molecule has 0 heterocycles. The van der Waals surface area contributed by atoms with E-state index in [4.69, 9.17) is 10.9 Å². The van der Waals surface area contributed by atoms with Crippen LogP contribution in [0.4, 0.5) is 28.4 Å². The van der Waals surface area contributed by atoms with Crippen LogP contribution in [0.2, 0.25) is 0 Å². The average molecular weight is 665 g/mol. The highest BCUT2D eigenvalue weighted by atomic mass is 32.3. The van der Waals surface area contributed by atoms with Gasteiger partial charge in [0.05, 0.1) is 31.4 Å². The molecule has 0 unspecified atom stereocenters. The standard InChI is InChI=1S/C18H15N5O8S2.C7H9NO2S/c19-15-8-6-12(20-16-9-7-13(22(24)25)11-17(16)23(26)27)10-18(15)33(30,31)21-32(28,29)14-4-2-1-3-5-14;1-6-2-4-7(5-3-6)11(8,9)10/h1-11,20-21H,19H2;2-5H,1H3,(H2,8,9,10). The molecule has 232 valence electrons. The van der Waals surface area contributed by atoms with Crippen LogP contribution in [0.5, 0.6) is 0 Å². The van der Waals surface area contributed by atoms with Crippen LogP contribution < -0.4 is 20.3 Å². The molecule has 0 bridgehead atoms. The first-order chi connectivity index (χ1) is 20.4. The Bertz CT molecular complexity index is 2040. The Morgan fingerprint density at radius 1 is 0.705 bits per heavy atom. The number of nitro groups is 2. The van der Waals surface area contributed by atoms with Crippen molar-refractivity contribution in [1.82, 2.24) is 4.13 Å². The molecule has 0 aromatic heterocycles. The number of hydrogen-bond acceptors (Lipinski definition) is 12. The van der Waals surface area contributed by atoms with Crippen molar-refractivity contribution in [1.29, 1.82) is 0 Å². The van der Waals surface area contributed by atoms with Gasteiger partial charge in [0.1, 0.15) is 10.6 Å². The van der Waals surface area contributed by atoms with E-state index in [1.807, 2.05) is 6.92 Å². The third-order valence-corrected chi connectivity index (χ3v) is 10.1. The molecule has 44 heavy (non-hydrogen) atoms. The summed E-state index contributed by atoms with van der Waals surface area (Å²) in [7, 11) is -12.7. The van der Waals surface area contributed by atoms with Crippen LogP contribution in [0.1, 0.15) is 5.56 Å². The van der Waals surface area contributed by atoms with Crippen LogP contribution in [0.15, 0.2) is 106 Å².